The molecular formula is C17H26O3. The van der Waals surface area contributed by atoms with E-state index in [1.54, 1.807) is 0 Å². The summed E-state index contributed by atoms with van der Waals surface area (Å²) in [4.78, 5) is 0. The average molecular weight is 278 g/mol. The zero-order chi connectivity index (χ0) is 15.0. The molecule has 1 aliphatic rings. The van der Waals surface area contributed by atoms with E-state index in [0.29, 0.717) is 11.9 Å². The van der Waals surface area contributed by atoms with Crippen molar-refractivity contribution in [2.24, 2.45) is 0 Å². The number of ether oxygens (including phenoxy) is 3. The van der Waals surface area contributed by atoms with Gasteiger partial charge in [-0.3, -0.25) is 0 Å². The minimum atomic E-state index is -0.293. The largest absolute Gasteiger partial charge is 0.486 e. The van der Waals surface area contributed by atoms with Gasteiger partial charge in [-0.1, -0.05) is 6.07 Å². The van der Waals surface area contributed by atoms with Gasteiger partial charge in [0.05, 0.1) is 6.10 Å². The maximum Gasteiger partial charge on any atom is 0.204 e. The summed E-state index contributed by atoms with van der Waals surface area (Å²) < 4.78 is 18.1. The minimum Gasteiger partial charge on any atom is -0.486 e. The summed E-state index contributed by atoms with van der Waals surface area (Å²) >= 11 is 0. The maximum atomic E-state index is 6.09. The molecular weight excluding hydrogens is 252 g/mol. The SMILES string of the molecule is CC(C)(C)Oc1cccc(OC2CC2)c1OC(C)(C)C. The molecule has 0 saturated heterocycles. The Morgan fingerprint density at radius 3 is 1.90 bits per heavy atom. The Labute approximate surface area is 122 Å². The van der Waals surface area contributed by atoms with Crippen molar-refractivity contribution in [3.05, 3.63) is 18.2 Å². The lowest BCUT2D eigenvalue weighted by Gasteiger charge is -2.28. The van der Waals surface area contributed by atoms with Crippen molar-refractivity contribution in [3.8, 4) is 17.2 Å². The fourth-order valence-electron chi connectivity index (χ4n) is 1.77. The number of para-hydroxylation sites is 1. The van der Waals surface area contributed by atoms with E-state index in [2.05, 4.69) is 0 Å². The smallest absolute Gasteiger partial charge is 0.204 e. The van der Waals surface area contributed by atoms with Gasteiger partial charge in [0, 0.05) is 0 Å². The van der Waals surface area contributed by atoms with Crippen molar-refractivity contribution in [2.75, 3.05) is 0 Å². The van der Waals surface area contributed by atoms with E-state index in [0.717, 1.165) is 24.3 Å². The molecule has 1 aliphatic carbocycles. The van der Waals surface area contributed by atoms with Crippen LogP contribution in [0.5, 0.6) is 17.2 Å². The summed E-state index contributed by atoms with van der Waals surface area (Å²) in [5.41, 5.74) is -0.562. The van der Waals surface area contributed by atoms with Gasteiger partial charge in [-0.25, -0.2) is 0 Å². The van der Waals surface area contributed by atoms with Crippen LogP contribution in [0.15, 0.2) is 18.2 Å². The summed E-state index contributed by atoms with van der Waals surface area (Å²) in [5, 5.41) is 0. The van der Waals surface area contributed by atoms with Gasteiger partial charge in [-0.15, -0.1) is 0 Å². The Hall–Kier alpha value is -1.38. The lowest BCUT2D eigenvalue weighted by Crippen LogP contribution is -2.26. The van der Waals surface area contributed by atoms with Gasteiger partial charge in [0.25, 0.3) is 0 Å². The van der Waals surface area contributed by atoms with Crippen LogP contribution in [0.3, 0.4) is 0 Å². The van der Waals surface area contributed by atoms with Crippen LogP contribution < -0.4 is 14.2 Å². The predicted octanol–water partition coefficient (Wildman–Crippen LogP) is 4.58. The third-order valence-electron chi connectivity index (χ3n) is 2.59. The van der Waals surface area contributed by atoms with E-state index in [9.17, 15) is 0 Å². The highest BCUT2D eigenvalue weighted by Crippen LogP contribution is 2.43. The second kappa shape index (κ2) is 5.19. The highest BCUT2D eigenvalue weighted by molar-refractivity contribution is 5.52. The van der Waals surface area contributed by atoms with Crippen molar-refractivity contribution in [2.45, 2.75) is 71.7 Å². The van der Waals surface area contributed by atoms with Crippen LogP contribution in [0.1, 0.15) is 54.4 Å². The molecule has 0 aromatic heterocycles. The van der Waals surface area contributed by atoms with Crippen molar-refractivity contribution in [1.29, 1.82) is 0 Å². The molecule has 0 bridgehead atoms. The molecule has 3 nitrogen and oxygen atoms in total. The molecule has 1 fully saturated rings. The van der Waals surface area contributed by atoms with Gasteiger partial charge in [0.15, 0.2) is 11.5 Å². The van der Waals surface area contributed by atoms with E-state index < -0.39 is 0 Å². The molecule has 3 heteroatoms. The van der Waals surface area contributed by atoms with Crippen LogP contribution in [0, 0.1) is 0 Å². The number of benzene rings is 1. The van der Waals surface area contributed by atoms with Gasteiger partial charge < -0.3 is 14.2 Å². The Kier molecular flexibility index (Phi) is 3.90. The Balaban J connectivity index is 2.32. The number of rotatable bonds is 4. The lowest BCUT2D eigenvalue weighted by molar-refractivity contribution is 0.0906. The Morgan fingerprint density at radius 2 is 1.40 bits per heavy atom. The zero-order valence-corrected chi connectivity index (χ0v) is 13.4. The van der Waals surface area contributed by atoms with Crippen molar-refractivity contribution >= 4 is 0 Å². The standard InChI is InChI=1S/C17H26O3/c1-16(2,3)19-14-9-7-8-13(18-12-10-11-12)15(14)20-17(4,5)6/h7-9,12H,10-11H2,1-6H3. The molecule has 0 N–H and O–H groups in total. The van der Waals surface area contributed by atoms with E-state index in [1.807, 2.05) is 59.7 Å². The van der Waals surface area contributed by atoms with Gasteiger partial charge in [0.2, 0.25) is 5.75 Å². The second-order valence-electron chi connectivity index (χ2n) is 7.33. The first kappa shape index (κ1) is 15.0. The first-order chi connectivity index (χ1) is 9.14. The Bertz CT molecular complexity index is 462. The molecule has 0 unspecified atom stereocenters. The second-order valence-corrected chi connectivity index (χ2v) is 7.33. The van der Waals surface area contributed by atoms with Crippen LogP contribution in [-0.2, 0) is 0 Å². The molecule has 0 amide bonds. The van der Waals surface area contributed by atoms with E-state index >= 15 is 0 Å². The third-order valence-corrected chi connectivity index (χ3v) is 2.59. The molecule has 0 heterocycles. The normalized spacial score (nSPS) is 15.9. The maximum absolute atomic E-state index is 6.09. The highest BCUT2D eigenvalue weighted by Gasteiger charge is 2.28. The summed E-state index contributed by atoms with van der Waals surface area (Å²) in [5.74, 6) is 2.23. The van der Waals surface area contributed by atoms with Crippen molar-refractivity contribution in [3.63, 3.8) is 0 Å². The minimum absolute atomic E-state index is 0.270. The van der Waals surface area contributed by atoms with Crippen LogP contribution in [0.25, 0.3) is 0 Å². The highest BCUT2D eigenvalue weighted by atomic mass is 16.6. The van der Waals surface area contributed by atoms with E-state index in [4.69, 9.17) is 14.2 Å². The first-order valence-corrected chi connectivity index (χ1v) is 7.32. The van der Waals surface area contributed by atoms with E-state index in [-0.39, 0.29) is 11.2 Å². The van der Waals surface area contributed by atoms with E-state index in [1.165, 1.54) is 0 Å². The number of hydrogen-bond acceptors (Lipinski definition) is 3. The summed E-state index contributed by atoms with van der Waals surface area (Å²) in [6.45, 7) is 12.2. The summed E-state index contributed by atoms with van der Waals surface area (Å²) in [6.07, 6.45) is 2.58. The molecule has 2 rings (SSSR count). The van der Waals surface area contributed by atoms with Crippen LogP contribution in [-0.4, -0.2) is 17.3 Å². The van der Waals surface area contributed by atoms with Crippen molar-refractivity contribution in [1.82, 2.24) is 0 Å². The fourth-order valence-corrected chi connectivity index (χ4v) is 1.77. The summed E-state index contributed by atoms with van der Waals surface area (Å²) in [6, 6.07) is 5.84. The molecule has 20 heavy (non-hydrogen) atoms. The molecule has 0 radical (unpaired) electrons. The van der Waals surface area contributed by atoms with Crippen molar-refractivity contribution < 1.29 is 14.2 Å². The molecule has 112 valence electrons. The zero-order valence-electron chi connectivity index (χ0n) is 13.4. The monoisotopic (exact) mass is 278 g/mol. The van der Waals surface area contributed by atoms with Crippen LogP contribution in [0.4, 0.5) is 0 Å². The number of hydrogen-bond donors (Lipinski definition) is 0. The van der Waals surface area contributed by atoms with Gasteiger partial charge >= 0.3 is 0 Å². The lowest BCUT2D eigenvalue weighted by atomic mass is 10.1. The van der Waals surface area contributed by atoms with Crippen LogP contribution in [0.2, 0.25) is 0 Å². The molecule has 0 atom stereocenters. The van der Waals surface area contributed by atoms with Gasteiger partial charge in [-0.05, 0) is 66.5 Å². The molecule has 1 aromatic rings. The fraction of sp³-hybridized carbons (Fsp3) is 0.647. The average Bonchev–Trinajstić information content (AvgIpc) is 3.03. The summed E-state index contributed by atoms with van der Waals surface area (Å²) in [7, 11) is 0. The molecule has 0 aliphatic heterocycles. The third kappa shape index (κ3) is 4.62. The van der Waals surface area contributed by atoms with Gasteiger partial charge in [-0.2, -0.15) is 0 Å². The van der Waals surface area contributed by atoms with Crippen LogP contribution >= 0.6 is 0 Å². The Morgan fingerprint density at radius 1 is 0.850 bits per heavy atom. The first-order valence-electron chi connectivity index (χ1n) is 7.32. The quantitative estimate of drug-likeness (QED) is 0.806. The predicted molar refractivity (Wildman–Crippen MR) is 80.9 cm³/mol. The molecule has 0 spiro atoms. The topological polar surface area (TPSA) is 27.7 Å². The molecule has 1 aromatic carbocycles. The molecule has 1 saturated carbocycles. The van der Waals surface area contributed by atoms with Gasteiger partial charge in [0.1, 0.15) is 11.2 Å².